The molecule has 152 valence electrons. The highest BCUT2D eigenvalue weighted by Gasteiger charge is 2.12. The number of carbonyl (C=O) groups excluding carboxylic acids is 1. The van der Waals surface area contributed by atoms with Crippen molar-refractivity contribution in [2.45, 2.75) is 20.0 Å². The van der Waals surface area contributed by atoms with E-state index in [-0.39, 0.29) is 12.5 Å². The maximum absolute atomic E-state index is 12.5. The first-order chi connectivity index (χ1) is 14.5. The third-order valence-electron chi connectivity index (χ3n) is 4.59. The molecule has 7 nitrogen and oxygen atoms in total. The van der Waals surface area contributed by atoms with Crippen LogP contribution in [-0.4, -0.2) is 30.5 Å². The Hall–Kier alpha value is -3.23. The highest BCUT2D eigenvalue weighted by Crippen LogP contribution is 2.18. The van der Waals surface area contributed by atoms with E-state index in [1.54, 1.807) is 27.6 Å². The molecule has 0 saturated heterocycles. The van der Waals surface area contributed by atoms with Crippen molar-refractivity contribution in [2.24, 2.45) is 0 Å². The topological polar surface area (TPSA) is 80.5 Å². The van der Waals surface area contributed by atoms with Crippen molar-refractivity contribution in [3.63, 3.8) is 0 Å². The Balaban J connectivity index is 1.41. The van der Waals surface area contributed by atoms with Crippen LogP contribution in [-0.2, 0) is 17.9 Å². The van der Waals surface area contributed by atoms with Gasteiger partial charge in [0.2, 0.25) is 5.91 Å². The Morgan fingerprint density at radius 1 is 1.17 bits per heavy atom. The number of hydrogen-bond acceptors (Lipinski definition) is 4. The van der Waals surface area contributed by atoms with Crippen molar-refractivity contribution in [1.82, 2.24) is 29.9 Å². The van der Waals surface area contributed by atoms with Crippen molar-refractivity contribution in [3.05, 3.63) is 81.8 Å². The molecule has 0 saturated carbocycles. The van der Waals surface area contributed by atoms with Crippen molar-refractivity contribution >= 4 is 29.7 Å². The average molecular weight is 439 g/mol. The maximum atomic E-state index is 12.5. The van der Waals surface area contributed by atoms with Crippen LogP contribution in [0.4, 0.5) is 0 Å². The molecule has 0 atom stereocenters. The van der Waals surface area contributed by atoms with E-state index in [0.717, 1.165) is 22.4 Å². The van der Waals surface area contributed by atoms with Crippen LogP contribution < -0.4 is 5.32 Å². The fourth-order valence-corrected chi connectivity index (χ4v) is 3.30. The number of rotatable bonds is 6. The summed E-state index contributed by atoms with van der Waals surface area (Å²) < 4.78 is 3.82. The van der Waals surface area contributed by atoms with Crippen LogP contribution in [0.5, 0.6) is 0 Å². The zero-order chi connectivity index (χ0) is 21.1. The van der Waals surface area contributed by atoms with Crippen molar-refractivity contribution in [2.75, 3.05) is 0 Å². The number of halogens is 1. The quantitative estimate of drug-likeness (QED) is 0.444. The van der Waals surface area contributed by atoms with Crippen LogP contribution in [0.25, 0.3) is 17.1 Å². The summed E-state index contributed by atoms with van der Waals surface area (Å²) in [5.74, 6) is 0.464. The van der Waals surface area contributed by atoms with Gasteiger partial charge in [0, 0.05) is 28.9 Å². The van der Waals surface area contributed by atoms with Gasteiger partial charge in [0.1, 0.15) is 6.54 Å². The Kier molecular flexibility index (Phi) is 5.78. The molecule has 4 aromatic rings. The molecule has 0 bridgehead atoms. The fraction of sp³-hybridized carbons (Fsp3) is 0.143. The number of nitrogens with one attached hydrogen (secondary N) is 2. The zero-order valence-corrected chi connectivity index (χ0v) is 17.7. The summed E-state index contributed by atoms with van der Waals surface area (Å²) in [5.41, 5.74) is 3.82. The average Bonchev–Trinajstić information content (AvgIpc) is 3.35. The lowest BCUT2D eigenvalue weighted by Gasteiger charge is -2.08. The molecule has 0 fully saturated rings. The number of benzene rings is 2. The third kappa shape index (κ3) is 4.50. The number of nitrogens with zero attached hydrogens (tertiary/aromatic N) is 4. The number of aryl methyl sites for hydroxylation is 1. The van der Waals surface area contributed by atoms with Crippen LogP contribution in [0.1, 0.15) is 11.1 Å². The Bertz CT molecular complexity index is 1220. The fourth-order valence-electron chi connectivity index (χ4n) is 2.97. The zero-order valence-electron chi connectivity index (χ0n) is 16.2. The summed E-state index contributed by atoms with van der Waals surface area (Å²) in [6, 6.07) is 15.3. The van der Waals surface area contributed by atoms with Crippen LogP contribution in [0, 0.1) is 11.7 Å². The summed E-state index contributed by atoms with van der Waals surface area (Å²) in [6.07, 6.45) is 3.58. The molecular weight excluding hydrogens is 420 g/mol. The van der Waals surface area contributed by atoms with Crippen LogP contribution in [0.15, 0.2) is 60.9 Å². The normalized spacial score (nSPS) is 10.9. The number of aromatic amines is 1. The van der Waals surface area contributed by atoms with Crippen LogP contribution in [0.2, 0.25) is 5.02 Å². The summed E-state index contributed by atoms with van der Waals surface area (Å²) in [5, 5.41) is 14.9. The number of carbonyl (C=O) groups is 1. The Labute approximate surface area is 183 Å². The maximum Gasteiger partial charge on any atom is 0.240 e. The van der Waals surface area contributed by atoms with Gasteiger partial charge >= 0.3 is 0 Å². The van der Waals surface area contributed by atoms with E-state index in [2.05, 4.69) is 20.6 Å². The summed E-state index contributed by atoms with van der Waals surface area (Å²) in [7, 11) is 0. The van der Waals surface area contributed by atoms with Crippen molar-refractivity contribution in [1.29, 1.82) is 0 Å². The Morgan fingerprint density at radius 2 is 1.90 bits per heavy atom. The molecule has 2 heterocycles. The first-order valence-corrected chi connectivity index (χ1v) is 10.1. The largest absolute Gasteiger partial charge is 0.350 e. The number of aromatic nitrogens is 5. The van der Waals surface area contributed by atoms with E-state index in [0.29, 0.717) is 22.2 Å². The van der Waals surface area contributed by atoms with E-state index in [9.17, 15) is 4.79 Å². The molecule has 2 aromatic carbocycles. The predicted molar refractivity (Wildman–Crippen MR) is 118 cm³/mol. The minimum atomic E-state index is -0.167. The molecule has 0 unspecified atom stereocenters. The smallest absolute Gasteiger partial charge is 0.240 e. The molecule has 0 aliphatic rings. The van der Waals surface area contributed by atoms with E-state index in [1.165, 1.54) is 0 Å². The molecule has 9 heteroatoms. The molecule has 0 aliphatic heterocycles. The molecule has 1 amide bonds. The van der Waals surface area contributed by atoms with Crippen molar-refractivity contribution in [3.8, 4) is 17.1 Å². The third-order valence-corrected chi connectivity index (χ3v) is 5.15. The van der Waals surface area contributed by atoms with Gasteiger partial charge in [0.05, 0.1) is 11.9 Å². The standard InChI is InChI=1S/C21H19ClN6OS/c1-14-2-4-16(5-3-14)20-25-26-21(30)27(20)13-19(29)23-10-15-11-24-28(12-15)18-8-6-17(22)7-9-18/h2-9,11-12H,10,13H2,1H3,(H,23,29)(H,26,30). The highest BCUT2D eigenvalue weighted by atomic mass is 35.5. The van der Waals surface area contributed by atoms with Gasteiger partial charge in [-0.3, -0.25) is 14.5 Å². The monoisotopic (exact) mass is 438 g/mol. The minimum absolute atomic E-state index is 0.0733. The lowest BCUT2D eigenvalue weighted by Crippen LogP contribution is -2.27. The molecule has 4 rings (SSSR count). The van der Waals surface area contributed by atoms with Gasteiger partial charge in [-0.1, -0.05) is 41.4 Å². The van der Waals surface area contributed by atoms with Gasteiger partial charge in [0.25, 0.3) is 0 Å². The predicted octanol–water partition coefficient (Wildman–Crippen LogP) is 4.07. The van der Waals surface area contributed by atoms with Gasteiger partial charge < -0.3 is 5.32 Å². The van der Waals surface area contributed by atoms with Crippen LogP contribution in [0.3, 0.4) is 0 Å². The minimum Gasteiger partial charge on any atom is -0.350 e. The van der Waals surface area contributed by atoms with Gasteiger partial charge in [-0.2, -0.15) is 10.2 Å². The second kappa shape index (κ2) is 8.64. The van der Waals surface area contributed by atoms with Gasteiger partial charge in [-0.25, -0.2) is 4.68 Å². The number of H-pyrrole nitrogens is 1. The second-order valence-corrected chi connectivity index (χ2v) is 7.67. The summed E-state index contributed by atoms with van der Waals surface area (Å²) in [6.45, 7) is 2.45. The molecule has 0 radical (unpaired) electrons. The first-order valence-electron chi connectivity index (χ1n) is 9.28. The molecule has 2 N–H and O–H groups in total. The van der Waals surface area contributed by atoms with E-state index >= 15 is 0 Å². The van der Waals surface area contributed by atoms with E-state index in [4.69, 9.17) is 23.8 Å². The van der Waals surface area contributed by atoms with Gasteiger partial charge in [-0.05, 0) is 43.4 Å². The Morgan fingerprint density at radius 3 is 2.63 bits per heavy atom. The number of amides is 1. The lowest BCUT2D eigenvalue weighted by atomic mass is 10.1. The van der Waals surface area contributed by atoms with Gasteiger partial charge in [0.15, 0.2) is 10.6 Å². The molecule has 2 aromatic heterocycles. The summed E-state index contributed by atoms with van der Waals surface area (Å²) in [4.78, 5) is 12.5. The molecule has 0 aliphatic carbocycles. The molecule has 0 spiro atoms. The summed E-state index contributed by atoms with van der Waals surface area (Å²) >= 11 is 11.2. The van der Waals surface area contributed by atoms with Crippen molar-refractivity contribution < 1.29 is 4.79 Å². The first kappa shape index (κ1) is 20.1. The van der Waals surface area contributed by atoms with Gasteiger partial charge in [-0.15, -0.1) is 0 Å². The highest BCUT2D eigenvalue weighted by molar-refractivity contribution is 7.71. The lowest BCUT2D eigenvalue weighted by molar-refractivity contribution is -0.121. The molecule has 30 heavy (non-hydrogen) atoms. The van der Waals surface area contributed by atoms with E-state index in [1.807, 2.05) is 49.5 Å². The molecular formula is C21H19ClN6OS. The van der Waals surface area contributed by atoms with E-state index < -0.39 is 0 Å². The number of hydrogen-bond donors (Lipinski definition) is 2. The van der Waals surface area contributed by atoms with Crippen LogP contribution >= 0.6 is 23.8 Å². The second-order valence-electron chi connectivity index (χ2n) is 6.85. The SMILES string of the molecule is Cc1ccc(-c2n[nH]c(=S)n2CC(=O)NCc2cnn(-c3ccc(Cl)cc3)c2)cc1.